The van der Waals surface area contributed by atoms with Crippen LogP contribution in [0.5, 0.6) is 0 Å². The van der Waals surface area contributed by atoms with Gasteiger partial charge in [0.05, 0.1) is 33.5 Å². The summed E-state index contributed by atoms with van der Waals surface area (Å²) in [6.45, 7) is 8.93. The van der Waals surface area contributed by atoms with E-state index in [2.05, 4.69) is 15.9 Å². The highest BCUT2D eigenvalue weighted by molar-refractivity contribution is 5.81. The molecule has 4 aliphatic rings. The molecule has 0 heterocycles. The van der Waals surface area contributed by atoms with Gasteiger partial charge in [0, 0.05) is 17.8 Å². The molecule has 4 aliphatic carbocycles. The molecule has 0 aromatic heterocycles. The number of carbonyl (C=O) groups excluding carboxylic acids is 3. The van der Waals surface area contributed by atoms with Gasteiger partial charge in [-0.2, -0.15) is 15.0 Å². The summed E-state index contributed by atoms with van der Waals surface area (Å²) in [6, 6.07) is 0.239. The van der Waals surface area contributed by atoms with Crippen LogP contribution in [0, 0.1) is 32.5 Å². The molecular formula is C22H36N6O6. The van der Waals surface area contributed by atoms with Crippen LogP contribution >= 0.6 is 0 Å². The van der Waals surface area contributed by atoms with Crippen molar-refractivity contribution in [2.45, 2.75) is 104 Å². The fourth-order valence-electron chi connectivity index (χ4n) is 2.99. The first kappa shape index (κ1) is 27.5. The number of amides is 3. The summed E-state index contributed by atoms with van der Waals surface area (Å²) in [5.74, 6) is -0.300. The minimum Gasteiger partial charge on any atom is -0.273 e. The van der Waals surface area contributed by atoms with Crippen LogP contribution in [0.1, 0.15) is 86.0 Å². The van der Waals surface area contributed by atoms with Crippen LogP contribution in [0.2, 0.25) is 0 Å². The monoisotopic (exact) mass is 480 g/mol. The molecule has 0 N–H and O–H groups in total. The molecule has 0 radical (unpaired) electrons. The van der Waals surface area contributed by atoms with E-state index in [0.717, 1.165) is 66.4 Å². The van der Waals surface area contributed by atoms with E-state index in [-0.39, 0.29) is 47.6 Å². The van der Waals surface area contributed by atoms with E-state index in [1.54, 1.807) is 34.6 Å². The number of hydrogen-bond donors (Lipinski definition) is 0. The van der Waals surface area contributed by atoms with Crippen molar-refractivity contribution in [2.75, 3.05) is 0 Å². The van der Waals surface area contributed by atoms with Gasteiger partial charge in [0.25, 0.3) is 0 Å². The minimum atomic E-state index is -0.485. The maximum absolute atomic E-state index is 11.4. The van der Waals surface area contributed by atoms with Gasteiger partial charge in [0.2, 0.25) is 17.7 Å². The molecule has 3 amide bonds. The van der Waals surface area contributed by atoms with Gasteiger partial charge in [-0.25, -0.2) is 0 Å². The number of carbonyl (C=O) groups is 3. The average Bonchev–Trinajstić information content (AvgIpc) is 3.58. The maximum Gasteiger partial charge on any atom is 0.248 e. The molecule has 4 saturated carbocycles. The fourth-order valence-corrected chi connectivity index (χ4v) is 2.99. The normalized spacial score (nSPS) is 18.9. The number of nitroso groups, excluding NO2 is 3. The first-order chi connectivity index (χ1) is 16.0. The Kier molecular flexibility index (Phi) is 9.34. The van der Waals surface area contributed by atoms with Gasteiger partial charge in [0.15, 0.2) is 0 Å². The molecule has 0 aromatic rings. The van der Waals surface area contributed by atoms with Gasteiger partial charge in [0.1, 0.15) is 0 Å². The van der Waals surface area contributed by atoms with Crippen LogP contribution in [-0.4, -0.2) is 50.4 Å². The maximum atomic E-state index is 11.4. The highest BCUT2D eigenvalue weighted by atomic mass is 16.3. The third kappa shape index (κ3) is 8.21. The third-order valence-electron chi connectivity index (χ3n) is 5.69. The second-order valence-corrected chi connectivity index (χ2v) is 10.6. The Labute approximate surface area is 199 Å². The first-order valence-corrected chi connectivity index (χ1v) is 12.0. The highest BCUT2D eigenvalue weighted by Gasteiger charge is 2.41. The molecule has 0 saturated heterocycles. The SMILES string of the molecule is CC(C)(C)N(N=O)C(=O)C1CC1.CC(C)C(=O)N(N=O)C1CC1.O=NN(C(=O)C1CC1)C1CC1. The Hall–Kier alpha value is -2.79. The van der Waals surface area contributed by atoms with E-state index in [1.165, 1.54) is 0 Å². The van der Waals surface area contributed by atoms with Crippen molar-refractivity contribution >= 4 is 17.7 Å². The molecule has 4 rings (SSSR count). The number of nitrogens with zero attached hydrogens (tertiary/aromatic N) is 6. The Balaban J connectivity index is 0.000000180. The van der Waals surface area contributed by atoms with Crippen molar-refractivity contribution in [3.05, 3.63) is 14.7 Å². The molecular weight excluding hydrogens is 444 g/mol. The minimum absolute atomic E-state index is 0.0532. The summed E-state index contributed by atoms with van der Waals surface area (Å²) in [5.41, 5.74) is -0.485. The Bertz CT molecular complexity index is 747. The van der Waals surface area contributed by atoms with Gasteiger partial charge < -0.3 is 0 Å². The zero-order valence-electron chi connectivity index (χ0n) is 20.7. The Morgan fingerprint density at radius 3 is 1.38 bits per heavy atom. The predicted octanol–water partition coefficient (Wildman–Crippen LogP) is 4.09. The van der Waals surface area contributed by atoms with Gasteiger partial charge in [-0.1, -0.05) is 13.8 Å². The lowest BCUT2D eigenvalue weighted by molar-refractivity contribution is -0.137. The summed E-state index contributed by atoms with van der Waals surface area (Å²) in [6.07, 6.45) is 7.43. The van der Waals surface area contributed by atoms with E-state index >= 15 is 0 Å². The first-order valence-electron chi connectivity index (χ1n) is 12.0. The third-order valence-corrected chi connectivity index (χ3v) is 5.69. The van der Waals surface area contributed by atoms with Crippen LogP contribution in [0.25, 0.3) is 0 Å². The fraction of sp³-hybridized carbons (Fsp3) is 0.864. The molecule has 34 heavy (non-hydrogen) atoms. The molecule has 0 spiro atoms. The van der Waals surface area contributed by atoms with Gasteiger partial charge in [-0.15, -0.1) is 14.7 Å². The van der Waals surface area contributed by atoms with E-state index in [0.29, 0.717) is 0 Å². The summed E-state index contributed by atoms with van der Waals surface area (Å²) < 4.78 is 0. The van der Waals surface area contributed by atoms with Gasteiger partial charge in [-0.3, -0.25) is 14.4 Å². The van der Waals surface area contributed by atoms with Crippen LogP contribution in [0.4, 0.5) is 0 Å². The van der Waals surface area contributed by atoms with Gasteiger partial charge in [-0.05, 0) is 72.1 Å². The zero-order chi connectivity index (χ0) is 25.6. The topological polar surface area (TPSA) is 149 Å². The highest BCUT2D eigenvalue weighted by Crippen LogP contribution is 2.36. The van der Waals surface area contributed by atoms with E-state index in [9.17, 15) is 29.1 Å². The van der Waals surface area contributed by atoms with Gasteiger partial charge >= 0.3 is 0 Å². The molecule has 0 aliphatic heterocycles. The van der Waals surface area contributed by atoms with Crippen molar-refractivity contribution in [2.24, 2.45) is 33.6 Å². The Morgan fingerprint density at radius 1 is 0.676 bits per heavy atom. The zero-order valence-corrected chi connectivity index (χ0v) is 20.7. The molecule has 12 nitrogen and oxygen atoms in total. The lowest BCUT2D eigenvalue weighted by atomic mass is 10.1. The quantitative estimate of drug-likeness (QED) is 0.377. The summed E-state index contributed by atoms with van der Waals surface area (Å²) in [4.78, 5) is 64.6. The molecule has 12 heteroatoms. The Morgan fingerprint density at radius 2 is 1.09 bits per heavy atom. The number of hydrogen-bond acceptors (Lipinski definition) is 9. The second kappa shape index (κ2) is 11.6. The van der Waals surface area contributed by atoms with E-state index in [4.69, 9.17) is 0 Å². The summed E-state index contributed by atoms with van der Waals surface area (Å²) in [7, 11) is 0. The van der Waals surface area contributed by atoms with Crippen LogP contribution in [0.3, 0.4) is 0 Å². The van der Waals surface area contributed by atoms with Crippen molar-refractivity contribution in [3.63, 3.8) is 0 Å². The van der Waals surface area contributed by atoms with Crippen molar-refractivity contribution in [3.8, 4) is 0 Å². The largest absolute Gasteiger partial charge is 0.273 e. The van der Waals surface area contributed by atoms with Crippen molar-refractivity contribution in [1.29, 1.82) is 0 Å². The number of rotatable bonds is 8. The second-order valence-electron chi connectivity index (χ2n) is 10.6. The lowest BCUT2D eigenvalue weighted by Gasteiger charge is -2.27. The molecule has 0 atom stereocenters. The molecule has 0 unspecified atom stereocenters. The van der Waals surface area contributed by atoms with Crippen LogP contribution in [0.15, 0.2) is 15.9 Å². The molecule has 0 aromatic carbocycles. The standard InChI is InChI=1S/C8H14N2O2.C7H10N2O2.C7H12N2O2/c1-8(2,3)10(9-12)7(11)6-4-5-6;10-7(5-1-2-5)9(8-11)6-3-4-6;1-5(2)7(10)9(8-11)6-3-4-6/h6H,4-5H2,1-3H3;5-6H,1-4H2;5-6H,3-4H2,1-2H3. The molecule has 0 bridgehead atoms. The molecule has 190 valence electrons. The van der Waals surface area contributed by atoms with Crippen molar-refractivity contribution in [1.82, 2.24) is 15.0 Å². The summed E-state index contributed by atoms with van der Waals surface area (Å²) >= 11 is 0. The molecule has 4 fully saturated rings. The summed E-state index contributed by atoms with van der Waals surface area (Å²) in [5, 5.41) is 11.5. The lowest BCUT2D eigenvalue weighted by Crippen LogP contribution is -2.42. The van der Waals surface area contributed by atoms with E-state index in [1.807, 2.05) is 0 Å². The smallest absolute Gasteiger partial charge is 0.248 e. The van der Waals surface area contributed by atoms with Crippen molar-refractivity contribution < 1.29 is 14.4 Å². The predicted molar refractivity (Wildman–Crippen MR) is 124 cm³/mol. The van der Waals surface area contributed by atoms with E-state index < -0.39 is 5.54 Å². The van der Waals surface area contributed by atoms with Crippen LogP contribution < -0.4 is 0 Å². The van der Waals surface area contributed by atoms with Crippen LogP contribution in [-0.2, 0) is 14.4 Å². The average molecular weight is 481 g/mol.